The minimum absolute atomic E-state index is 0.480. The first-order valence-corrected chi connectivity index (χ1v) is 5.87. The van der Waals surface area contributed by atoms with Gasteiger partial charge in [0, 0.05) is 10.7 Å². The summed E-state index contributed by atoms with van der Waals surface area (Å²) in [5, 5.41) is 0. The van der Waals surface area contributed by atoms with Crippen LogP contribution in [0.2, 0.25) is 0 Å². The Kier molecular flexibility index (Phi) is 3.95. The van der Waals surface area contributed by atoms with Crippen LogP contribution in [0.25, 0.3) is 0 Å². The normalized spacial score (nSPS) is 10.0. The van der Waals surface area contributed by atoms with Crippen molar-refractivity contribution in [3.8, 4) is 5.75 Å². The highest BCUT2D eigenvalue weighted by Gasteiger charge is 1.98. The molecule has 0 aliphatic heterocycles. The van der Waals surface area contributed by atoms with Crippen LogP contribution in [0.15, 0.2) is 47.1 Å². The number of aromatic nitrogens is 1. The second-order valence-corrected chi connectivity index (χ2v) is 4.36. The number of nitrogens with two attached hydrogens (primary N) is 1. The molecule has 0 unspecified atom stereocenters. The summed E-state index contributed by atoms with van der Waals surface area (Å²) in [5.74, 6) is 6.73. The van der Waals surface area contributed by atoms with Gasteiger partial charge in [-0.05, 0) is 35.9 Å². The van der Waals surface area contributed by atoms with Crippen molar-refractivity contribution in [3.63, 3.8) is 0 Å². The minimum Gasteiger partial charge on any atom is -0.489 e. The lowest BCUT2D eigenvalue weighted by Gasteiger charge is -2.07. The van der Waals surface area contributed by atoms with Crippen molar-refractivity contribution in [1.82, 2.24) is 4.98 Å². The summed E-state index contributed by atoms with van der Waals surface area (Å²) < 4.78 is 6.64. The number of benzene rings is 1. The van der Waals surface area contributed by atoms with E-state index in [0.29, 0.717) is 12.4 Å². The molecule has 4 nitrogen and oxygen atoms in total. The standard InChI is InChI=1S/C12H12BrN3O/c13-10-2-1-3-11(7-10)17-8-9-4-5-15-12(6-9)16-14/h1-7H,8,14H2,(H,15,16). The van der Waals surface area contributed by atoms with Crippen molar-refractivity contribution in [1.29, 1.82) is 0 Å². The molecule has 2 rings (SSSR count). The predicted molar refractivity (Wildman–Crippen MR) is 70.5 cm³/mol. The minimum atomic E-state index is 0.480. The van der Waals surface area contributed by atoms with Crippen molar-refractivity contribution < 1.29 is 4.74 Å². The number of hydrogen-bond donors (Lipinski definition) is 2. The summed E-state index contributed by atoms with van der Waals surface area (Å²) in [7, 11) is 0. The SMILES string of the molecule is NNc1cc(COc2cccc(Br)c2)ccn1. The highest BCUT2D eigenvalue weighted by Crippen LogP contribution is 2.19. The summed E-state index contributed by atoms with van der Waals surface area (Å²) >= 11 is 3.39. The van der Waals surface area contributed by atoms with Crippen LogP contribution in [0.3, 0.4) is 0 Å². The van der Waals surface area contributed by atoms with Crippen LogP contribution in [0.4, 0.5) is 5.82 Å². The van der Waals surface area contributed by atoms with E-state index in [9.17, 15) is 0 Å². The number of anilines is 1. The van der Waals surface area contributed by atoms with E-state index in [1.165, 1.54) is 0 Å². The Hall–Kier alpha value is -1.59. The summed E-state index contributed by atoms with van der Waals surface area (Å²) in [6.07, 6.45) is 1.69. The fraction of sp³-hybridized carbons (Fsp3) is 0.0833. The van der Waals surface area contributed by atoms with Crippen molar-refractivity contribution in [2.45, 2.75) is 6.61 Å². The molecule has 0 saturated carbocycles. The monoisotopic (exact) mass is 293 g/mol. The maximum absolute atomic E-state index is 5.65. The number of pyridine rings is 1. The highest BCUT2D eigenvalue weighted by atomic mass is 79.9. The van der Waals surface area contributed by atoms with Crippen molar-refractivity contribution >= 4 is 21.7 Å². The number of halogens is 1. The molecule has 0 amide bonds. The average molecular weight is 294 g/mol. The number of hydrogen-bond acceptors (Lipinski definition) is 4. The fourth-order valence-electron chi connectivity index (χ4n) is 1.37. The van der Waals surface area contributed by atoms with E-state index in [0.717, 1.165) is 15.8 Å². The first-order chi connectivity index (χ1) is 8.28. The Labute approximate surface area is 108 Å². The van der Waals surface area contributed by atoms with E-state index in [1.54, 1.807) is 6.20 Å². The molecule has 0 aliphatic carbocycles. The van der Waals surface area contributed by atoms with Gasteiger partial charge in [0.15, 0.2) is 0 Å². The van der Waals surface area contributed by atoms with Gasteiger partial charge in [-0.2, -0.15) is 0 Å². The molecule has 17 heavy (non-hydrogen) atoms. The molecule has 0 atom stereocenters. The molecule has 0 spiro atoms. The van der Waals surface area contributed by atoms with Crippen LogP contribution < -0.4 is 16.0 Å². The van der Waals surface area contributed by atoms with E-state index in [-0.39, 0.29) is 0 Å². The lowest BCUT2D eigenvalue weighted by atomic mass is 10.3. The van der Waals surface area contributed by atoms with Gasteiger partial charge < -0.3 is 10.2 Å². The highest BCUT2D eigenvalue weighted by molar-refractivity contribution is 9.10. The van der Waals surface area contributed by atoms with Crippen LogP contribution in [0.1, 0.15) is 5.56 Å². The van der Waals surface area contributed by atoms with Gasteiger partial charge in [-0.1, -0.05) is 22.0 Å². The number of hydrazine groups is 1. The Morgan fingerprint density at radius 3 is 2.94 bits per heavy atom. The molecule has 0 radical (unpaired) electrons. The quantitative estimate of drug-likeness (QED) is 0.672. The molecule has 0 bridgehead atoms. The molecular weight excluding hydrogens is 282 g/mol. The second-order valence-electron chi connectivity index (χ2n) is 3.44. The molecule has 0 aliphatic rings. The van der Waals surface area contributed by atoms with Crippen LogP contribution >= 0.6 is 15.9 Å². The maximum atomic E-state index is 5.65. The lowest BCUT2D eigenvalue weighted by Crippen LogP contribution is -2.09. The third-order valence-corrected chi connectivity index (χ3v) is 2.67. The van der Waals surface area contributed by atoms with Crippen LogP contribution in [-0.4, -0.2) is 4.98 Å². The van der Waals surface area contributed by atoms with Gasteiger partial charge in [0.1, 0.15) is 18.2 Å². The van der Waals surface area contributed by atoms with E-state index in [2.05, 4.69) is 26.3 Å². The second kappa shape index (κ2) is 5.65. The van der Waals surface area contributed by atoms with Crippen molar-refractivity contribution in [2.75, 3.05) is 5.43 Å². The molecule has 0 fully saturated rings. The molecule has 0 saturated heterocycles. The lowest BCUT2D eigenvalue weighted by molar-refractivity contribution is 0.306. The Morgan fingerprint density at radius 1 is 1.29 bits per heavy atom. The van der Waals surface area contributed by atoms with Crippen molar-refractivity contribution in [3.05, 3.63) is 52.6 Å². The molecule has 1 aromatic carbocycles. The number of nitrogens with one attached hydrogen (secondary N) is 1. The van der Waals surface area contributed by atoms with E-state index >= 15 is 0 Å². The Morgan fingerprint density at radius 2 is 2.18 bits per heavy atom. The smallest absolute Gasteiger partial charge is 0.140 e. The average Bonchev–Trinajstić information content (AvgIpc) is 2.37. The van der Waals surface area contributed by atoms with Gasteiger partial charge in [-0.25, -0.2) is 10.8 Å². The zero-order valence-electron chi connectivity index (χ0n) is 9.06. The van der Waals surface area contributed by atoms with Gasteiger partial charge in [0.25, 0.3) is 0 Å². The summed E-state index contributed by atoms with van der Waals surface area (Å²) in [5.41, 5.74) is 3.51. The topological polar surface area (TPSA) is 60.2 Å². The van der Waals surface area contributed by atoms with Gasteiger partial charge in [-0.15, -0.1) is 0 Å². The molecule has 88 valence electrons. The van der Waals surface area contributed by atoms with E-state index < -0.39 is 0 Å². The van der Waals surface area contributed by atoms with Crippen molar-refractivity contribution in [2.24, 2.45) is 5.84 Å². The van der Waals surface area contributed by atoms with Gasteiger partial charge >= 0.3 is 0 Å². The third kappa shape index (κ3) is 3.44. The van der Waals surface area contributed by atoms with E-state index in [4.69, 9.17) is 10.6 Å². The summed E-state index contributed by atoms with van der Waals surface area (Å²) in [6, 6.07) is 11.4. The summed E-state index contributed by atoms with van der Waals surface area (Å²) in [6.45, 7) is 0.480. The molecule has 3 N–H and O–H groups in total. The first kappa shape index (κ1) is 11.9. The largest absolute Gasteiger partial charge is 0.489 e. The number of nitrogen functional groups attached to an aromatic ring is 1. The first-order valence-electron chi connectivity index (χ1n) is 5.08. The third-order valence-electron chi connectivity index (χ3n) is 2.17. The Balaban J connectivity index is 2.02. The zero-order valence-corrected chi connectivity index (χ0v) is 10.6. The zero-order chi connectivity index (χ0) is 12.1. The summed E-state index contributed by atoms with van der Waals surface area (Å²) in [4.78, 5) is 4.03. The molecular formula is C12H12BrN3O. The fourth-order valence-corrected chi connectivity index (χ4v) is 1.74. The van der Waals surface area contributed by atoms with Crippen LogP contribution in [0.5, 0.6) is 5.75 Å². The molecule has 2 aromatic rings. The van der Waals surface area contributed by atoms with Gasteiger partial charge in [0.05, 0.1) is 0 Å². The van der Waals surface area contributed by atoms with Crippen LogP contribution in [0, 0.1) is 0 Å². The van der Waals surface area contributed by atoms with Gasteiger partial charge in [-0.3, -0.25) is 0 Å². The van der Waals surface area contributed by atoms with Gasteiger partial charge in [0.2, 0.25) is 0 Å². The number of nitrogens with zero attached hydrogens (tertiary/aromatic N) is 1. The molecule has 1 aromatic heterocycles. The van der Waals surface area contributed by atoms with E-state index in [1.807, 2.05) is 36.4 Å². The molecule has 5 heteroatoms. The maximum Gasteiger partial charge on any atom is 0.140 e. The predicted octanol–water partition coefficient (Wildman–Crippen LogP) is 2.71. The number of rotatable bonds is 4. The Bertz CT molecular complexity index is 505. The molecule has 1 heterocycles. The van der Waals surface area contributed by atoms with Crippen LogP contribution in [-0.2, 0) is 6.61 Å². The number of ether oxygens (including phenoxy) is 1.